The first-order chi connectivity index (χ1) is 15.3. The van der Waals surface area contributed by atoms with Gasteiger partial charge in [-0.2, -0.15) is 0 Å². The van der Waals surface area contributed by atoms with Crippen molar-refractivity contribution in [3.05, 3.63) is 105 Å². The Morgan fingerprint density at radius 1 is 0.969 bits per heavy atom. The summed E-state index contributed by atoms with van der Waals surface area (Å²) in [5.74, 6) is -1.81. The maximum atomic E-state index is 13.3. The van der Waals surface area contributed by atoms with Crippen LogP contribution in [0.25, 0.3) is 0 Å². The zero-order chi connectivity index (χ0) is 22.8. The molecule has 160 valence electrons. The number of carbonyl (C=O) groups is 3. The number of nitrogens with zero attached hydrogens (tertiary/aromatic N) is 2. The predicted molar refractivity (Wildman–Crippen MR) is 118 cm³/mol. The minimum atomic E-state index is -1.19. The number of hydrogen-bond acceptors (Lipinski definition) is 5. The molecule has 1 atom stereocenters. The van der Waals surface area contributed by atoms with Crippen molar-refractivity contribution in [2.24, 2.45) is 0 Å². The summed E-state index contributed by atoms with van der Waals surface area (Å²) in [4.78, 5) is 50.7. The highest BCUT2D eigenvalue weighted by Crippen LogP contribution is 2.27. The molecule has 4 rings (SSSR count). The van der Waals surface area contributed by atoms with E-state index in [0.717, 1.165) is 4.90 Å². The van der Waals surface area contributed by atoms with E-state index < -0.39 is 28.7 Å². The number of non-ortho nitro benzene ring substituents is 1. The first-order valence-corrected chi connectivity index (χ1v) is 9.99. The molecule has 1 unspecified atom stereocenters. The molecule has 32 heavy (non-hydrogen) atoms. The zero-order valence-electron chi connectivity index (χ0n) is 16.5. The molecule has 0 saturated carbocycles. The number of rotatable bonds is 6. The molecule has 1 N–H and O–H groups in total. The van der Waals surface area contributed by atoms with E-state index in [9.17, 15) is 24.5 Å². The Morgan fingerprint density at radius 2 is 1.62 bits per heavy atom. The Hall–Kier alpha value is -4.04. The van der Waals surface area contributed by atoms with Gasteiger partial charge in [-0.3, -0.25) is 29.4 Å². The first-order valence-electron chi connectivity index (χ1n) is 9.62. The highest BCUT2D eigenvalue weighted by atomic mass is 35.5. The van der Waals surface area contributed by atoms with E-state index in [1.54, 1.807) is 36.4 Å². The molecule has 0 aromatic heterocycles. The fourth-order valence-corrected chi connectivity index (χ4v) is 3.82. The molecule has 0 aliphatic carbocycles. The average molecular weight is 450 g/mol. The van der Waals surface area contributed by atoms with E-state index in [1.165, 1.54) is 36.4 Å². The molecule has 3 amide bonds. The highest BCUT2D eigenvalue weighted by Gasteiger charge is 2.42. The van der Waals surface area contributed by atoms with E-state index in [-0.39, 0.29) is 28.9 Å². The monoisotopic (exact) mass is 449 g/mol. The lowest BCUT2D eigenvalue weighted by molar-refractivity contribution is -0.384. The Labute approximate surface area is 187 Å². The number of fused-ring (bicyclic) bond motifs is 1. The Kier molecular flexibility index (Phi) is 5.70. The number of halogens is 1. The molecule has 3 aromatic carbocycles. The fraction of sp³-hybridized carbons (Fsp3) is 0.0870. The maximum absolute atomic E-state index is 13.3. The number of benzene rings is 3. The third-order valence-electron chi connectivity index (χ3n) is 5.08. The second kappa shape index (κ2) is 8.60. The minimum Gasteiger partial charge on any atom is -0.324 e. The number of amides is 3. The van der Waals surface area contributed by atoms with E-state index in [1.807, 2.05) is 0 Å². The van der Waals surface area contributed by atoms with Crippen LogP contribution in [0.3, 0.4) is 0 Å². The smallest absolute Gasteiger partial charge is 0.271 e. The van der Waals surface area contributed by atoms with E-state index in [4.69, 9.17) is 11.6 Å². The van der Waals surface area contributed by atoms with E-state index in [2.05, 4.69) is 5.32 Å². The summed E-state index contributed by atoms with van der Waals surface area (Å²) in [6.45, 7) is 0. The summed E-state index contributed by atoms with van der Waals surface area (Å²) in [5.41, 5.74) is 1.06. The molecule has 0 fully saturated rings. The van der Waals surface area contributed by atoms with Crippen LogP contribution in [0.4, 0.5) is 11.4 Å². The van der Waals surface area contributed by atoms with Gasteiger partial charge < -0.3 is 5.32 Å². The molecular formula is C23H16ClN3O5. The number of nitro benzene ring substituents is 1. The second-order valence-corrected chi connectivity index (χ2v) is 7.61. The Balaban J connectivity index is 1.69. The van der Waals surface area contributed by atoms with E-state index >= 15 is 0 Å². The summed E-state index contributed by atoms with van der Waals surface area (Å²) in [6.07, 6.45) is 0.0206. The molecule has 8 nitrogen and oxygen atoms in total. The van der Waals surface area contributed by atoms with Gasteiger partial charge in [-0.05, 0) is 35.9 Å². The molecule has 0 bridgehead atoms. The molecule has 0 radical (unpaired) electrons. The topological polar surface area (TPSA) is 110 Å². The molecule has 0 spiro atoms. The van der Waals surface area contributed by atoms with Crippen LogP contribution < -0.4 is 5.32 Å². The van der Waals surface area contributed by atoms with Gasteiger partial charge in [-0.1, -0.05) is 41.9 Å². The average Bonchev–Trinajstić information content (AvgIpc) is 3.02. The van der Waals surface area contributed by atoms with Crippen molar-refractivity contribution in [2.75, 3.05) is 5.32 Å². The van der Waals surface area contributed by atoms with E-state index in [0.29, 0.717) is 10.6 Å². The number of nitro groups is 1. The quantitative estimate of drug-likeness (QED) is 0.346. The lowest BCUT2D eigenvalue weighted by atomic mass is 10.0. The number of imide groups is 1. The molecule has 3 aromatic rings. The number of nitrogens with one attached hydrogen (secondary N) is 1. The molecule has 0 saturated heterocycles. The number of hydrogen-bond donors (Lipinski definition) is 1. The SMILES string of the molecule is O=C(Nc1cccc([N+](=O)[O-])c1)C(Cc1cccc(Cl)c1)N1C(=O)c2ccccc2C1=O. The van der Waals surface area contributed by atoms with Gasteiger partial charge in [-0.25, -0.2) is 0 Å². The van der Waals surface area contributed by atoms with Gasteiger partial charge in [0.15, 0.2) is 0 Å². The highest BCUT2D eigenvalue weighted by molar-refractivity contribution is 6.30. The van der Waals surface area contributed by atoms with Crippen LogP contribution in [0.5, 0.6) is 0 Å². The largest absolute Gasteiger partial charge is 0.324 e. The lowest BCUT2D eigenvalue weighted by Crippen LogP contribution is -2.48. The van der Waals surface area contributed by atoms with Crippen molar-refractivity contribution < 1.29 is 19.3 Å². The summed E-state index contributed by atoms with van der Waals surface area (Å²) in [6, 6.07) is 17.3. The summed E-state index contributed by atoms with van der Waals surface area (Å²) in [7, 11) is 0. The third-order valence-corrected chi connectivity index (χ3v) is 5.32. The number of anilines is 1. The minimum absolute atomic E-state index is 0.0206. The van der Waals surface area contributed by atoms with Crippen LogP contribution >= 0.6 is 11.6 Å². The normalized spacial score (nSPS) is 13.6. The second-order valence-electron chi connectivity index (χ2n) is 7.17. The molecule has 1 heterocycles. The van der Waals surface area contributed by atoms with Crippen LogP contribution in [0, 0.1) is 10.1 Å². The van der Waals surface area contributed by atoms with Crippen LogP contribution in [0.15, 0.2) is 72.8 Å². The van der Waals surface area contributed by atoms with Crippen molar-refractivity contribution in [1.29, 1.82) is 0 Å². The predicted octanol–water partition coefficient (Wildman–Crippen LogP) is 4.09. The van der Waals surface area contributed by atoms with Gasteiger partial charge in [0.25, 0.3) is 17.5 Å². The van der Waals surface area contributed by atoms with Gasteiger partial charge >= 0.3 is 0 Å². The molecule has 1 aliphatic heterocycles. The van der Waals surface area contributed by atoms with Crippen LogP contribution in [-0.4, -0.2) is 33.6 Å². The summed E-state index contributed by atoms with van der Waals surface area (Å²) in [5, 5.41) is 14.1. The summed E-state index contributed by atoms with van der Waals surface area (Å²) < 4.78 is 0. The number of carbonyl (C=O) groups excluding carboxylic acids is 3. The van der Waals surface area contributed by atoms with Gasteiger partial charge in [0.2, 0.25) is 5.91 Å². The van der Waals surface area contributed by atoms with Gasteiger partial charge in [0.1, 0.15) is 6.04 Å². The van der Waals surface area contributed by atoms with Crippen molar-refractivity contribution in [2.45, 2.75) is 12.5 Å². The first kappa shape index (κ1) is 21.2. The van der Waals surface area contributed by atoms with Gasteiger partial charge in [0.05, 0.1) is 16.1 Å². The fourth-order valence-electron chi connectivity index (χ4n) is 3.60. The van der Waals surface area contributed by atoms with Crippen LogP contribution in [0.2, 0.25) is 5.02 Å². The Morgan fingerprint density at radius 3 is 2.25 bits per heavy atom. The lowest BCUT2D eigenvalue weighted by Gasteiger charge is -2.25. The van der Waals surface area contributed by atoms with Crippen molar-refractivity contribution >= 4 is 40.7 Å². The third kappa shape index (κ3) is 4.08. The Bertz CT molecular complexity index is 1220. The standard InChI is InChI=1S/C23H16ClN3O5/c24-15-6-3-5-14(11-15)12-20(21(28)25-16-7-4-8-17(13-16)27(31)32)26-22(29)18-9-1-2-10-19(18)23(26)30/h1-11,13,20H,12H2,(H,25,28). The molecular weight excluding hydrogens is 434 g/mol. The van der Waals surface area contributed by atoms with Crippen LogP contribution in [-0.2, 0) is 11.2 Å². The zero-order valence-corrected chi connectivity index (χ0v) is 17.3. The maximum Gasteiger partial charge on any atom is 0.271 e. The summed E-state index contributed by atoms with van der Waals surface area (Å²) >= 11 is 6.06. The van der Waals surface area contributed by atoms with Crippen LogP contribution in [0.1, 0.15) is 26.3 Å². The molecule has 9 heteroatoms. The van der Waals surface area contributed by atoms with Crippen molar-refractivity contribution in [3.8, 4) is 0 Å². The van der Waals surface area contributed by atoms with Gasteiger partial charge in [0, 0.05) is 29.3 Å². The van der Waals surface area contributed by atoms with Crippen molar-refractivity contribution in [3.63, 3.8) is 0 Å². The molecule has 1 aliphatic rings. The van der Waals surface area contributed by atoms with Gasteiger partial charge in [-0.15, -0.1) is 0 Å². The van der Waals surface area contributed by atoms with Crippen molar-refractivity contribution in [1.82, 2.24) is 4.90 Å².